The number of rotatable bonds is 5. The molecule has 0 aliphatic heterocycles. The number of aliphatic hydroxyl groups excluding tert-OH is 1. The van der Waals surface area contributed by atoms with Crippen molar-refractivity contribution in [3.05, 3.63) is 34.7 Å². The molecule has 1 aromatic rings. The third kappa shape index (κ3) is 3.86. The average Bonchev–Trinajstić information content (AvgIpc) is 2.29. The Balaban J connectivity index is 2.46. The van der Waals surface area contributed by atoms with Gasteiger partial charge in [0, 0.05) is 25.2 Å². The van der Waals surface area contributed by atoms with E-state index < -0.39 is 6.10 Å². The van der Waals surface area contributed by atoms with Gasteiger partial charge in [0.05, 0.1) is 12.6 Å². The molecule has 0 radical (unpaired) electrons. The molecule has 0 aromatic carbocycles. The van der Waals surface area contributed by atoms with Crippen LogP contribution in [0.5, 0.6) is 0 Å². The molecule has 2 N–H and O–H groups in total. The number of aliphatic hydroxyl groups is 1. The summed E-state index contributed by atoms with van der Waals surface area (Å²) in [4.78, 5) is 22.3. The molecule has 0 aliphatic rings. The number of carbonyl (C=O) groups excluding carboxylic acids is 1. The monoisotopic (exact) mass is 224 g/mol. The zero-order valence-electron chi connectivity index (χ0n) is 9.22. The van der Waals surface area contributed by atoms with Gasteiger partial charge in [-0.25, -0.2) is 0 Å². The van der Waals surface area contributed by atoms with E-state index in [9.17, 15) is 14.7 Å². The first-order valence-corrected chi connectivity index (χ1v) is 5.23. The summed E-state index contributed by atoms with van der Waals surface area (Å²) < 4.78 is 1.41. The number of carbonyl (C=O) groups is 1. The Labute approximate surface area is 93.7 Å². The van der Waals surface area contributed by atoms with Crippen molar-refractivity contribution in [1.29, 1.82) is 0 Å². The van der Waals surface area contributed by atoms with Gasteiger partial charge in [0.2, 0.25) is 5.91 Å². The van der Waals surface area contributed by atoms with Gasteiger partial charge >= 0.3 is 0 Å². The van der Waals surface area contributed by atoms with Gasteiger partial charge in [-0.05, 0) is 6.07 Å². The van der Waals surface area contributed by atoms with E-state index in [1.807, 2.05) is 0 Å². The highest BCUT2D eigenvalue weighted by Gasteiger charge is 2.07. The standard InChI is InChI=1S/C11H16N2O3/c1-2-10(15)12-7-9(14)8-13-6-4-3-5-11(13)16/h3-6,9,14H,2,7-8H2,1H3,(H,12,15). The van der Waals surface area contributed by atoms with Crippen LogP contribution in [0.15, 0.2) is 29.2 Å². The van der Waals surface area contributed by atoms with Crippen LogP contribution in [0.1, 0.15) is 13.3 Å². The highest BCUT2D eigenvalue weighted by atomic mass is 16.3. The van der Waals surface area contributed by atoms with E-state index in [4.69, 9.17) is 0 Å². The fourth-order valence-electron chi connectivity index (χ4n) is 1.26. The maximum atomic E-state index is 11.3. The molecule has 1 unspecified atom stereocenters. The number of pyridine rings is 1. The minimum atomic E-state index is -0.754. The third-order valence-corrected chi connectivity index (χ3v) is 2.16. The predicted molar refractivity (Wildman–Crippen MR) is 60.0 cm³/mol. The first kappa shape index (κ1) is 12.4. The Morgan fingerprint density at radius 3 is 2.94 bits per heavy atom. The zero-order valence-corrected chi connectivity index (χ0v) is 9.22. The lowest BCUT2D eigenvalue weighted by Gasteiger charge is -2.12. The second-order valence-electron chi connectivity index (χ2n) is 3.50. The molecule has 88 valence electrons. The molecule has 5 heteroatoms. The lowest BCUT2D eigenvalue weighted by atomic mass is 10.3. The summed E-state index contributed by atoms with van der Waals surface area (Å²) in [5, 5.41) is 12.2. The first-order valence-electron chi connectivity index (χ1n) is 5.23. The minimum Gasteiger partial charge on any atom is -0.389 e. The van der Waals surface area contributed by atoms with Gasteiger partial charge in [-0.2, -0.15) is 0 Å². The maximum Gasteiger partial charge on any atom is 0.250 e. The van der Waals surface area contributed by atoms with Gasteiger partial charge in [-0.15, -0.1) is 0 Å². The van der Waals surface area contributed by atoms with Crippen LogP contribution in [0.3, 0.4) is 0 Å². The van der Waals surface area contributed by atoms with Gasteiger partial charge < -0.3 is 15.0 Å². The van der Waals surface area contributed by atoms with Gasteiger partial charge in [-0.1, -0.05) is 13.0 Å². The molecule has 16 heavy (non-hydrogen) atoms. The highest BCUT2D eigenvalue weighted by Crippen LogP contribution is 1.89. The summed E-state index contributed by atoms with van der Waals surface area (Å²) in [7, 11) is 0. The number of hydrogen-bond acceptors (Lipinski definition) is 3. The van der Waals surface area contributed by atoms with Gasteiger partial charge in [0.15, 0.2) is 0 Å². The molecule has 0 aliphatic carbocycles. The molecule has 1 aromatic heterocycles. The van der Waals surface area contributed by atoms with Gasteiger partial charge in [-0.3, -0.25) is 9.59 Å². The smallest absolute Gasteiger partial charge is 0.250 e. The summed E-state index contributed by atoms with van der Waals surface area (Å²) >= 11 is 0. The SMILES string of the molecule is CCC(=O)NCC(O)Cn1ccccc1=O. The Kier molecular flexibility index (Phi) is 4.72. The van der Waals surface area contributed by atoms with E-state index in [-0.39, 0.29) is 24.6 Å². The minimum absolute atomic E-state index is 0.112. The van der Waals surface area contributed by atoms with Crippen LogP contribution in [0.25, 0.3) is 0 Å². The number of nitrogens with one attached hydrogen (secondary N) is 1. The Bertz CT molecular complexity index is 400. The van der Waals surface area contributed by atoms with Crippen LogP contribution in [-0.4, -0.2) is 28.2 Å². The number of nitrogens with zero attached hydrogens (tertiary/aromatic N) is 1. The third-order valence-electron chi connectivity index (χ3n) is 2.16. The average molecular weight is 224 g/mol. The van der Waals surface area contributed by atoms with E-state index in [0.29, 0.717) is 6.42 Å². The Morgan fingerprint density at radius 2 is 2.31 bits per heavy atom. The van der Waals surface area contributed by atoms with E-state index in [0.717, 1.165) is 0 Å². The quantitative estimate of drug-likeness (QED) is 0.723. The van der Waals surface area contributed by atoms with Crippen LogP contribution in [0.2, 0.25) is 0 Å². The molecule has 1 heterocycles. The van der Waals surface area contributed by atoms with Crippen molar-refractivity contribution in [2.45, 2.75) is 26.0 Å². The molecule has 5 nitrogen and oxygen atoms in total. The zero-order chi connectivity index (χ0) is 12.0. The molecule has 1 atom stereocenters. The largest absolute Gasteiger partial charge is 0.389 e. The van der Waals surface area contributed by atoms with Crippen molar-refractivity contribution < 1.29 is 9.90 Å². The molecule has 0 fully saturated rings. The second kappa shape index (κ2) is 6.07. The van der Waals surface area contributed by atoms with Crippen molar-refractivity contribution >= 4 is 5.91 Å². The Hall–Kier alpha value is -1.62. The van der Waals surface area contributed by atoms with E-state index in [1.165, 1.54) is 10.6 Å². The van der Waals surface area contributed by atoms with Crippen LogP contribution in [0.4, 0.5) is 0 Å². The van der Waals surface area contributed by atoms with Crippen LogP contribution in [-0.2, 0) is 11.3 Å². The van der Waals surface area contributed by atoms with Crippen molar-refractivity contribution in [1.82, 2.24) is 9.88 Å². The van der Waals surface area contributed by atoms with E-state index in [1.54, 1.807) is 25.3 Å². The topological polar surface area (TPSA) is 71.3 Å². The highest BCUT2D eigenvalue weighted by molar-refractivity contribution is 5.75. The molecule has 0 bridgehead atoms. The van der Waals surface area contributed by atoms with Crippen LogP contribution < -0.4 is 10.9 Å². The molecular formula is C11H16N2O3. The number of aromatic nitrogens is 1. The molecular weight excluding hydrogens is 208 g/mol. The lowest BCUT2D eigenvalue weighted by Crippen LogP contribution is -2.36. The van der Waals surface area contributed by atoms with Crippen molar-refractivity contribution in [3.8, 4) is 0 Å². The van der Waals surface area contributed by atoms with Crippen LogP contribution >= 0.6 is 0 Å². The molecule has 1 rings (SSSR count). The maximum absolute atomic E-state index is 11.3. The molecule has 0 spiro atoms. The summed E-state index contributed by atoms with van der Waals surface area (Å²) in [6.45, 7) is 2.08. The van der Waals surface area contributed by atoms with Crippen LogP contribution in [0, 0.1) is 0 Å². The normalized spacial score (nSPS) is 12.1. The fraction of sp³-hybridized carbons (Fsp3) is 0.455. The summed E-state index contributed by atoms with van der Waals surface area (Å²) in [5.41, 5.74) is -0.164. The summed E-state index contributed by atoms with van der Waals surface area (Å²) in [5.74, 6) is -0.112. The lowest BCUT2D eigenvalue weighted by molar-refractivity contribution is -0.121. The number of amides is 1. The molecule has 0 saturated heterocycles. The number of hydrogen-bond donors (Lipinski definition) is 2. The van der Waals surface area contributed by atoms with E-state index >= 15 is 0 Å². The van der Waals surface area contributed by atoms with E-state index in [2.05, 4.69) is 5.32 Å². The predicted octanol–water partition coefficient (Wildman–Crippen LogP) is -0.265. The summed E-state index contributed by atoms with van der Waals surface area (Å²) in [6.07, 6.45) is 1.24. The molecule has 1 amide bonds. The fourth-order valence-corrected chi connectivity index (χ4v) is 1.26. The Morgan fingerprint density at radius 1 is 1.56 bits per heavy atom. The van der Waals surface area contributed by atoms with Gasteiger partial charge in [0.1, 0.15) is 0 Å². The molecule has 0 saturated carbocycles. The second-order valence-corrected chi connectivity index (χ2v) is 3.50. The van der Waals surface area contributed by atoms with Crippen molar-refractivity contribution in [3.63, 3.8) is 0 Å². The summed E-state index contributed by atoms with van der Waals surface area (Å²) in [6, 6.07) is 4.79. The van der Waals surface area contributed by atoms with Gasteiger partial charge in [0.25, 0.3) is 5.56 Å². The van der Waals surface area contributed by atoms with Crippen molar-refractivity contribution in [2.75, 3.05) is 6.54 Å². The van der Waals surface area contributed by atoms with Crippen molar-refractivity contribution in [2.24, 2.45) is 0 Å². The first-order chi connectivity index (χ1) is 7.63.